The lowest BCUT2D eigenvalue weighted by Crippen LogP contribution is -2.04. The molecule has 3 N–H and O–H groups in total. The van der Waals surface area contributed by atoms with Crippen molar-refractivity contribution in [2.45, 2.75) is 6.92 Å². The topological polar surface area (TPSA) is 76.2 Å². The van der Waals surface area contributed by atoms with E-state index >= 15 is 0 Å². The third-order valence-corrected chi connectivity index (χ3v) is 2.49. The molecule has 0 aliphatic heterocycles. The summed E-state index contributed by atoms with van der Waals surface area (Å²) >= 11 is 5.74. The Bertz CT molecular complexity index is 592. The highest BCUT2D eigenvalue weighted by atomic mass is 35.5. The maximum atomic E-state index is 12.8. The molecule has 0 aliphatic carbocycles. The molecule has 0 bridgehead atoms. The maximum absolute atomic E-state index is 12.8. The number of nitrogens with one attached hydrogen (secondary N) is 1. The first-order valence-electron chi connectivity index (χ1n) is 5.41. The molecule has 5 nitrogen and oxygen atoms in total. The van der Waals surface area contributed by atoms with Crippen molar-refractivity contribution in [1.82, 2.24) is 9.97 Å². The largest absolute Gasteiger partial charge is 0.383 e. The summed E-state index contributed by atoms with van der Waals surface area (Å²) in [4.78, 5) is 7.83. The van der Waals surface area contributed by atoms with E-state index in [0.29, 0.717) is 5.71 Å². The molecule has 1 heterocycles. The van der Waals surface area contributed by atoms with Crippen molar-refractivity contribution in [1.29, 1.82) is 0 Å². The summed E-state index contributed by atoms with van der Waals surface area (Å²) < 4.78 is 12.8. The number of nitrogens with zero attached hydrogens (tertiary/aromatic N) is 3. The number of nitrogen functional groups attached to an aromatic ring is 1. The van der Waals surface area contributed by atoms with Crippen LogP contribution in [0.25, 0.3) is 0 Å². The van der Waals surface area contributed by atoms with E-state index in [1.807, 2.05) is 0 Å². The summed E-state index contributed by atoms with van der Waals surface area (Å²) in [5.74, 6) is 0.152. The second kappa shape index (κ2) is 5.62. The molecule has 0 saturated heterocycles. The molecule has 19 heavy (non-hydrogen) atoms. The zero-order valence-corrected chi connectivity index (χ0v) is 10.8. The van der Waals surface area contributed by atoms with Gasteiger partial charge in [-0.25, -0.2) is 9.82 Å². The standard InChI is InChI=1S/C12H11ClFN5/c1-7(8-2-4-9(14)5-3-8)18-19-12-16-10(13)6-11(15)17-12/h2-6H,1H3,(H3,15,16,17,19). The Labute approximate surface area is 114 Å². The molecule has 0 saturated carbocycles. The fourth-order valence-corrected chi connectivity index (χ4v) is 1.57. The number of aromatic nitrogens is 2. The molecule has 7 heteroatoms. The van der Waals surface area contributed by atoms with E-state index in [9.17, 15) is 4.39 Å². The smallest absolute Gasteiger partial charge is 0.246 e. The van der Waals surface area contributed by atoms with Gasteiger partial charge in [-0.15, -0.1) is 0 Å². The first kappa shape index (κ1) is 13.2. The van der Waals surface area contributed by atoms with Gasteiger partial charge in [-0.2, -0.15) is 15.1 Å². The molecular formula is C12H11ClFN5. The highest BCUT2D eigenvalue weighted by molar-refractivity contribution is 6.29. The molecule has 1 aromatic heterocycles. The monoisotopic (exact) mass is 279 g/mol. The van der Waals surface area contributed by atoms with Crippen molar-refractivity contribution in [2.75, 3.05) is 11.2 Å². The fraction of sp³-hybridized carbons (Fsp3) is 0.0833. The van der Waals surface area contributed by atoms with Gasteiger partial charge in [0.15, 0.2) is 0 Å². The molecule has 0 radical (unpaired) electrons. The average molecular weight is 280 g/mol. The van der Waals surface area contributed by atoms with Crippen molar-refractivity contribution >= 4 is 29.1 Å². The minimum absolute atomic E-state index is 0.200. The van der Waals surface area contributed by atoms with E-state index in [1.165, 1.54) is 18.2 Å². The third-order valence-electron chi connectivity index (χ3n) is 2.30. The number of hydrogen-bond acceptors (Lipinski definition) is 5. The lowest BCUT2D eigenvalue weighted by molar-refractivity contribution is 0.628. The van der Waals surface area contributed by atoms with Gasteiger partial charge >= 0.3 is 0 Å². The Morgan fingerprint density at radius 1 is 1.32 bits per heavy atom. The van der Waals surface area contributed by atoms with Crippen molar-refractivity contribution in [2.24, 2.45) is 5.10 Å². The van der Waals surface area contributed by atoms with Gasteiger partial charge in [0.25, 0.3) is 0 Å². The number of anilines is 2. The van der Waals surface area contributed by atoms with Crippen LogP contribution in [-0.2, 0) is 0 Å². The van der Waals surface area contributed by atoms with Crippen LogP contribution in [0.5, 0.6) is 0 Å². The molecule has 0 spiro atoms. The molecule has 2 rings (SSSR count). The van der Waals surface area contributed by atoms with E-state index < -0.39 is 0 Å². The second-order valence-electron chi connectivity index (χ2n) is 3.76. The van der Waals surface area contributed by atoms with Crippen LogP contribution < -0.4 is 11.2 Å². The first-order valence-corrected chi connectivity index (χ1v) is 5.78. The fourth-order valence-electron chi connectivity index (χ4n) is 1.37. The highest BCUT2D eigenvalue weighted by Gasteiger charge is 2.01. The number of halogens is 2. The van der Waals surface area contributed by atoms with E-state index in [1.54, 1.807) is 19.1 Å². The third kappa shape index (κ3) is 3.62. The van der Waals surface area contributed by atoms with E-state index in [0.717, 1.165) is 5.56 Å². The van der Waals surface area contributed by atoms with Gasteiger partial charge < -0.3 is 5.73 Å². The minimum Gasteiger partial charge on any atom is -0.383 e. The van der Waals surface area contributed by atoms with Gasteiger partial charge in [0, 0.05) is 6.07 Å². The number of hydrazone groups is 1. The predicted octanol–water partition coefficient (Wildman–Crippen LogP) is 2.69. The van der Waals surface area contributed by atoms with Gasteiger partial charge in [-0.3, -0.25) is 0 Å². The lowest BCUT2D eigenvalue weighted by Gasteiger charge is -2.03. The van der Waals surface area contributed by atoms with Crippen LogP contribution in [0.15, 0.2) is 35.4 Å². The number of nitrogens with two attached hydrogens (primary N) is 1. The van der Waals surface area contributed by atoms with Crippen LogP contribution >= 0.6 is 11.6 Å². The quantitative estimate of drug-likeness (QED) is 0.514. The summed E-state index contributed by atoms with van der Waals surface area (Å²) in [6.07, 6.45) is 0. The van der Waals surface area contributed by atoms with Crippen molar-refractivity contribution in [3.05, 3.63) is 46.9 Å². The zero-order chi connectivity index (χ0) is 13.8. The van der Waals surface area contributed by atoms with Gasteiger partial charge in [0.1, 0.15) is 16.8 Å². The van der Waals surface area contributed by atoms with Crippen molar-refractivity contribution in [3.63, 3.8) is 0 Å². The van der Waals surface area contributed by atoms with Crippen LogP contribution in [-0.4, -0.2) is 15.7 Å². The van der Waals surface area contributed by atoms with E-state index in [4.69, 9.17) is 17.3 Å². The molecule has 0 unspecified atom stereocenters. The Kier molecular flexibility index (Phi) is 3.91. The van der Waals surface area contributed by atoms with Crippen LogP contribution in [0.1, 0.15) is 12.5 Å². The molecule has 0 aliphatic rings. The van der Waals surface area contributed by atoms with E-state index in [-0.39, 0.29) is 22.7 Å². The Hall–Kier alpha value is -2.21. The zero-order valence-electron chi connectivity index (χ0n) is 10.1. The lowest BCUT2D eigenvalue weighted by atomic mass is 10.1. The Morgan fingerprint density at radius 2 is 2.00 bits per heavy atom. The minimum atomic E-state index is -0.296. The number of rotatable bonds is 3. The molecular weight excluding hydrogens is 269 g/mol. The van der Waals surface area contributed by atoms with Gasteiger partial charge in [0.2, 0.25) is 5.95 Å². The predicted molar refractivity (Wildman–Crippen MR) is 73.7 cm³/mol. The van der Waals surface area contributed by atoms with Crippen LogP contribution in [0.2, 0.25) is 5.15 Å². The van der Waals surface area contributed by atoms with Gasteiger partial charge in [-0.1, -0.05) is 23.7 Å². The Balaban J connectivity index is 2.15. The summed E-state index contributed by atoms with van der Waals surface area (Å²) in [5.41, 5.74) is 9.61. The summed E-state index contributed by atoms with van der Waals surface area (Å²) in [7, 11) is 0. The summed E-state index contributed by atoms with van der Waals surface area (Å²) in [5, 5.41) is 4.31. The Morgan fingerprint density at radius 3 is 2.63 bits per heavy atom. The van der Waals surface area contributed by atoms with Crippen molar-refractivity contribution < 1.29 is 4.39 Å². The highest BCUT2D eigenvalue weighted by Crippen LogP contribution is 2.12. The van der Waals surface area contributed by atoms with Gasteiger partial charge in [0.05, 0.1) is 5.71 Å². The number of hydrogen-bond donors (Lipinski definition) is 2. The molecule has 98 valence electrons. The molecule has 2 aromatic rings. The first-order chi connectivity index (χ1) is 9.04. The van der Waals surface area contributed by atoms with Gasteiger partial charge in [-0.05, 0) is 24.6 Å². The molecule has 0 fully saturated rings. The summed E-state index contributed by atoms with van der Waals surface area (Å²) in [6, 6.07) is 7.42. The van der Waals surface area contributed by atoms with Crippen LogP contribution in [0, 0.1) is 5.82 Å². The summed E-state index contributed by atoms with van der Waals surface area (Å²) in [6.45, 7) is 1.77. The SMILES string of the molecule is CC(=NNc1nc(N)cc(Cl)n1)c1ccc(F)cc1. The van der Waals surface area contributed by atoms with Crippen LogP contribution in [0.3, 0.4) is 0 Å². The number of benzene rings is 1. The molecule has 1 aromatic carbocycles. The maximum Gasteiger partial charge on any atom is 0.246 e. The average Bonchev–Trinajstić information content (AvgIpc) is 2.36. The normalized spacial score (nSPS) is 11.4. The van der Waals surface area contributed by atoms with E-state index in [2.05, 4.69) is 20.5 Å². The second-order valence-corrected chi connectivity index (χ2v) is 4.14. The molecule has 0 atom stereocenters. The van der Waals surface area contributed by atoms with Crippen molar-refractivity contribution in [3.8, 4) is 0 Å². The molecule has 0 amide bonds. The van der Waals surface area contributed by atoms with Crippen LogP contribution in [0.4, 0.5) is 16.2 Å².